The molecule has 0 fully saturated rings. The van der Waals surface area contributed by atoms with Crippen LogP contribution in [0.25, 0.3) is 0 Å². The maximum Gasteiger partial charge on any atom is 0.256 e. The van der Waals surface area contributed by atoms with E-state index in [0.717, 1.165) is 5.56 Å². The first kappa shape index (κ1) is 10.2. The molecule has 0 radical (unpaired) electrons. The number of thioether (sulfide) groups is 1. The van der Waals surface area contributed by atoms with Crippen LogP contribution in [-0.4, -0.2) is 16.5 Å². The standard InChI is InChI=1S/C10H11N3OS/c11-6-9(8-2-1-3-12-7-8)15-10-13-4-5-14-10/h1-5,7,9H,6,11H2. The molecule has 0 spiro atoms. The SMILES string of the molecule is NCC(Sc1ncco1)c1cccnc1. The van der Waals surface area contributed by atoms with Crippen molar-refractivity contribution in [3.05, 3.63) is 42.5 Å². The first-order valence-corrected chi connectivity index (χ1v) is 5.44. The second-order valence-electron chi connectivity index (χ2n) is 2.93. The van der Waals surface area contributed by atoms with E-state index in [0.29, 0.717) is 11.8 Å². The van der Waals surface area contributed by atoms with E-state index in [2.05, 4.69) is 9.97 Å². The molecule has 0 bridgehead atoms. The summed E-state index contributed by atoms with van der Waals surface area (Å²) in [5.74, 6) is 0. The van der Waals surface area contributed by atoms with E-state index >= 15 is 0 Å². The van der Waals surface area contributed by atoms with Crippen molar-refractivity contribution < 1.29 is 4.42 Å². The molecular formula is C10H11N3OS. The Balaban J connectivity index is 2.12. The molecule has 1 unspecified atom stereocenters. The third-order valence-electron chi connectivity index (χ3n) is 1.92. The van der Waals surface area contributed by atoms with Gasteiger partial charge in [0.15, 0.2) is 0 Å². The van der Waals surface area contributed by atoms with Crippen LogP contribution in [0.3, 0.4) is 0 Å². The van der Waals surface area contributed by atoms with Gasteiger partial charge < -0.3 is 10.2 Å². The minimum absolute atomic E-state index is 0.136. The molecule has 4 nitrogen and oxygen atoms in total. The lowest BCUT2D eigenvalue weighted by Crippen LogP contribution is -2.09. The van der Waals surface area contributed by atoms with Gasteiger partial charge in [0.2, 0.25) is 0 Å². The van der Waals surface area contributed by atoms with E-state index in [1.807, 2.05) is 18.3 Å². The highest BCUT2D eigenvalue weighted by Gasteiger charge is 2.13. The summed E-state index contributed by atoms with van der Waals surface area (Å²) in [7, 11) is 0. The molecule has 78 valence electrons. The topological polar surface area (TPSA) is 64.9 Å². The Morgan fingerprint density at radius 2 is 2.40 bits per heavy atom. The van der Waals surface area contributed by atoms with E-state index in [1.54, 1.807) is 18.7 Å². The fraction of sp³-hybridized carbons (Fsp3) is 0.200. The minimum atomic E-state index is 0.136. The number of nitrogens with zero attached hydrogens (tertiary/aromatic N) is 2. The van der Waals surface area contributed by atoms with Gasteiger partial charge in [-0.25, -0.2) is 4.98 Å². The van der Waals surface area contributed by atoms with Crippen molar-refractivity contribution in [1.29, 1.82) is 0 Å². The Morgan fingerprint density at radius 1 is 1.47 bits per heavy atom. The van der Waals surface area contributed by atoms with Gasteiger partial charge in [0, 0.05) is 18.9 Å². The maximum absolute atomic E-state index is 5.70. The summed E-state index contributed by atoms with van der Waals surface area (Å²) in [6, 6.07) is 3.90. The Labute approximate surface area is 91.9 Å². The second kappa shape index (κ2) is 4.95. The number of hydrogen-bond acceptors (Lipinski definition) is 5. The Hall–Kier alpha value is -1.33. The fourth-order valence-electron chi connectivity index (χ4n) is 1.21. The third kappa shape index (κ3) is 2.57. The number of hydrogen-bond donors (Lipinski definition) is 1. The van der Waals surface area contributed by atoms with Crippen LogP contribution in [0.5, 0.6) is 0 Å². The van der Waals surface area contributed by atoms with E-state index < -0.39 is 0 Å². The van der Waals surface area contributed by atoms with Gasteiger partial charge >= 0.3 is 0 Å². The monoisotopic (exact) mass is 221 g/mol. The van der Waals surface area contributed by atoms with Crippen molar-refractivity contribution >= 4 is 11.8 Å². The van der Waals surface area contributed by atoms with Gasteiger partial charge in [0.25, 0.3) is 5.22 Å². The van der Waals surface area contributed by atoms with Gasteiger partial charge in [-0.05, 0) is 11.6 Å². The molecular weight excluding hydrogens is 210 g/mol. The molecule has 2 N–H and O–H groups in total. The van der Waals surface area contributed by atoms with Crippen LogP contribution in [0.1, 0.15) is 10.8 Å². The van der Waals surface area contributed by atoms with Crippen LogP contribution in [0, 0.1) is 0 Å². The molecule has 2 aromatic rings. The molecule has 2 aromatic heterocycles. The predicted molar refractivity (Wildman–Crippen MR) is 58.4 cm³/mol. The predicted octanol–water partition coefficient (Wildman–Crippen LogP) is 1.86. The summed E-state index contributed by atoms with van der Waals surface area (Å²) < 4.78 is 5.16. The highest BCUT2D eigenvalue weighted by atomic mass is 32.2. The first-order chi connectivity index (χ1) is 7.40. The zero-order valence-corrected chi connectivity index (χ0v) is 8.85. The quantitative estimate of drug-likeness (QED) is 0.798. The maximum atomic E-state index is 5.70. The summed E-state index contributed by atoms with van der Waals surface area (Å²) in [5, 5.41) is 0.770. The number of rotatable bonds is 4. The molecule has 5 heteroatoms. The van der Waals surface area contributed by atoms with Crippen molar-refractivity contribution in [2.75, 3.05) is 6.54 Å². The van der Waals surface area contributed by atoms with Crippen molar-refractivity contribution in [2.24, 2.45) is 5.73 Å². The molecule has 0 aliphatic carbocycles. The lowest BCUT2D eigenvalue weighted by atomic mass is 10.2. The molecule has 0 aliphatic heterocycles. The second-order valence-corrected chi connectivity index (χ2v) is 4.08. The third-order valence-corrected chi connectivity index (χ3v) is 3.08. The van der Waals surface area contributed by atoms with E-state index in [1.165, 1.54) is 11.8 Å². The van der Waals surface area contributed by atoms with Crippen molar-refractivity contribution in [2.45, 2.75) is 10.5 Å². The summed E-state index contributed by atoms with van der Waals surface area (Å²) in [6.07, 6.45) is 6.73. The van der Waals surface area contributed by atoms with Crippen LogP contribution in [0.4, 0.5) is 0 Å². The Bertz CT molecular complexity index is 390. The minimum Gasteiger partial charge on any atom is -0.440 e. The van der Waals surface area contributed by atoms with Gasteiger partial charge in [-0.1, -0.05) is 17.8 Å². The van der Waals surface area contributed by atoms with Gasteiger partial charge in [-0.3, -0.25) is 4.98 Å². The average molecular weight is 221 g/mol. The van der Waals surface area contributed by atoms with Gasteiger partial charge in [-0.2, -0.15) is 0 Å². The summed E-state index contributed by atoms with van der Waals surface area (Å²) in [5.41, 5.74) is 6.79. The van der Waals surface area contributed by atoms with Crippen LogP contribution in [0.15, 0.2) is 46.6 Å². The normalized spacial score (nSPS) is 12.6. The van der Waals surface area contributed by atoms with Crippen LogP contribution >= 0.6 is 11.8 Å². The smallest absolute Gasteiger partial charge is 0.256 e. The summed E-state index contributed by atoms with van der Waals surface area (Å²) in [4.78, 5) is 8.11. The number of oxazole rings is 1. The number of aromatic nitrogens is 2. The Morgan fingerprint density at radius 3 is 3.00 bits per heavy atom. The van der Waals surface area contributed by atoms with Crippen molar-refractivity contribution in [3.8, 4) is 0 Å². The van der Waals surface area contributed by atoms with Crippen molar-refractivity contribution in [1.82, 2.24) is 9.97 Å². The zero-order valence-electron chi connectivity index (χ0n) is 8.04. The number of pyridine rings is 1. The van der Waals surface area contributed by atoms with Gasteiger partial charge in [0.1, 0.15) is 6.26 Å². The fourth-order valence-corrected chi connectivity index (χ4v) is 2.06. The van der Waals surface area contributed by atoms with Crippen LogP contribution in [0.2, 0.25) is 0 Å². The largest absolute Gasteiger partial charge is 0.440 e. The van der Waals surface area contributed by atoms with E-state index in [-0.39, 0.29) is 5.25 Å². The van der Waals surface area contributed by atoms with Gasteiger partial charge in [-0.15, -0.1) is 0 Å². The number of nitrogens with two attached hydrogens (primary N) is 1. The molecule has 0 amide bonds. The molecule has 1 atom stereocenters. The zero-order chi connectivity index (χ0) is 10.5. The highest BCUT2D eigenvalue weighted by Crippen LogP contribution is 2.32. The molecule has 2 heterocycles. The molecule has 0 saturated heterocycles. The summed E-state index contributed by atoms with van der Waals surface area (Å²) in [6.45, 7) is 0.527. The first-order valence-electron chi connectivity index (χ1n) is 4.56. The summed E-state index contributed by atoms with van der Waals surface area (Å²) >= 11 is 1.51. The van der Waals surface area contributed by atoms with Crippen molar-refractivity contribution in [3.63, 3.8) is 0 Å². The lowest BCUT2D eigenvalue weighted by Gasteiger charge is -2.11. The van der Waals surface area contributed by atoms with Crippen LogP contribution in [-0.2, 0) is 0 Å². The van der Waals surface area contributed by atoms with E-state index in [9.17, 15) is 0 Å². The van der Waals surface area contributed by atoms with Gasteiger partial charge in [0.05, 0.1) is 11.4 Å². The molecule has 2 rings (SSSR count). The molecule has 15 heavy (non-hydrogen) atoms. The Kier molecular flexibility index (Phi) is 3.37. The van der Waals surface area contributed by atoms with Crippen LogP contribution < -0.4 is 5.73 Å². The molecule has 0 saturated carbocycles. The molecule has 0 aromatic carbocycles. The average Bonchev–Trinajstić information content (AvgIpc) is 2.80. The lowest BCUT2D eigenvalue weighted by molar-refractivity contribution is 0.453. The highest BCUT2D eigenvalue weighted by molar-refractivity contribution is 7.99. The van der Waals surface area contributed by atoms with E-state index in [4.69, 9.17) is 10.2 Å². The molecule has 0 aliphatic rings.